The molecule has 1 aliphatic carbocycles. The minimum absolute atomic E-state index is 0.214. The highest BCUT2D eigenvalue weighted by Gasteiger charge is 2.12. The monoisotopic (exact) mass is 255 g/mol. The van der Waals surface area contributed by atoms with Crippen molar-refractivity contribution in [3.63, 3.8) is 0 Å². The topological polar surface area (TPSA) is 21.3 Å². The van der Waals surface area contributed by atoms with E-state index in [0.29, 0.717) is 6.04 Å². The van der Waals surface area contributed by atoms with Crippen LogP contribution in [0.4, 0.5) is 8.78 Å². The minimum Gasteiger partial charge on any atom is -0.435 e. The fourth-order valence-electron chi connectivity index (χ4n) is 2.36. The van der Waals surface area contributed by atoms with E-state index < -0.39 is 6.61 Å². The average Bonchev–Trinajstić information content (AvgIpc) is 2.38. The van der Waals surface area contributed by atoms with Crippen molar-refractivity contribution >= 4 is 0 Å². The summed E-state index contributed by atoms with van der Waals surface area (Å²) in [7, 11) is 0. The lowest BCUT2D eigenvalue weighted by molar-refractivity contribution is -0.0498. The Balaban J connectivity index is 1.78. The van der Waals surface area contributed by atoms with Crippen molar-refractivity contribution in [2.24, 2.45) is 0 Å². The van der Waals surface area contributed by atoms with Gasteiger partial charge in [0.25, 0.3) is 0 Å². The summed E-state index contributed by atoms with van der Waals surface area (Å²) in [5.41, 5.74) is 1.10. The number of ether oxygens (including phenoxy) is 1. The fraction of sp³-hybridized carbons (Fsp3) is 0.571. The molecule has 1 aromatic rings. The first-order valence-corrected chi connectivity index (χ1v) is 6.51. The van der Waals surface area contributed by atoms with Crippen LogP contribution in [0, 0.1) is 0 Å². The van der Waals surface area contributed by atoms with Crippen molar-refractivity contribution in [3.8, 4) is 5.75 Å². The number of hydrogen-bond donors (Lipinski definition) is 1. The second-order valence-corrected chi connectivity index (χ2v) is 4.74. The van der Waals surface area contributed by atoms with E-state index in [2.05, 4.69) is 10.1 Å². The van der Waals surface area contributed by atoms with Gasteiger partial charge in [0.15, 0.2) is 0 Å². The molecule has 1 N–H and O–H groups in total. The molecule has 1 aliphatic rings. The maximum atomic E-state index is 12.0. The molecule has 1 aromatic carbocycles. The molecule has 0 radical (unpaired) electrons. The van der Waals surface area contributed by atoms with Crippen LogP contribution in [0.3, 0.4) is 0 Å². The molecule has 0 unspecified atom stereocenters. The minimum atomic E-state index is -2.75. The molecule has 1 fully saturated rings. The van der Waals surface area contributed by atoms with Gasteiger partial charge in [-0.05, 0) is 30.5 Å². The van der Waals surface area contributed by atoms with Crippen LogP contribution in [-0.4, -0.2) is 12.7 Å². The normalized spacial score (nSPS) is 17.1. The van der Waals surface area contributed by atoms with Gasteiger partial charge in [0.1, 0.15) is 5.75 Å². The van der Waals surface area contributed by atoms with Crippen molar-refractivity contribution in [2.75, 3.05) is 0 Å². The lowest BCUT2D eigenvalue weighted by atomic mass is 9.95. The number of benzene rings is 1. The Kier molecular flexibility index (Phi) is 4.93. The van der Waals surface area contributed by atoms with Gasteiger partial charge in [-0.25, -0.2) is 0 Å². The Morgan fingerprint density at radius 3 is 2.39 bits per heavy atom. The van der Waals surface area contributed by atoms with E-state index in [1.807, 2.05) is 12.1 Å². The van der Waals surface area contributed by atoms with Crippen LogP contribution in [0.25, 0.3) is 0 Å². The summed E-state index contributed by atoms with van der Waals surface area (Å²) in [6.07, 6.45) is 6.44. The third-order valence-corrected chi connectivity index (χ3v) is 3.35. The molecule has 2 nitrogen and oxygen atoms in total. The Labute approximate surface area is 106 Å². The van der Waals surface area contributed by atoms with Gasteiger partial charge in [-0.2, -0.15) is 8.78 Å². The van der Waals surface area contributed by atoms with Gasteiger partial charge in [-0.15, -0.1) is 0 Å². The summed E-state index contributed by atoms with van der Waals surface area (Å²) in [4.78, 5) is 0. The van der Waals surface area contributed by atoms with Crippen molar-refractivity contribution in [3.05, 3.63) is 29.8 Å². The zero-order valence-electron chi connectivity index (χ0n) is 10.4. The Morgan fingerprint density at radius 2 is 1.78 bits per heavy atom. The molecular weight excluding hydrogens is 236 g/mol. The van der Waals surface area contributed by atoms with Crippen molar-refractivity contribution in [1.29, 1.82) is 0 Å². The molecule has 0 saturated heterocycles. The summed E-state index contributed by atoms with van der Waals surface area (Å²) in [5.74, 6) is 0.214. The molecule has 0 aromatic heterocycles. The van der Waals surface area contributed by atoms with E-state index in [-0.39, 0.29) is 5.75 Å². The summed E-state index contributed by atoms with van der Waals surface area (Å²) in [6.45, 7) is -1.96. The maximum absolute atomic E-state index is 12.0. The Hall–Kier alpha value is -1.16. The number of hydrogen-bond acceptors (Lipinski definition) is 2. The number of halogens is 2. The van der Waals surface area contributed by atoms with E-state index in [1.165, 1.54) is 32.1 Å². The standard InChI is InChI=1S/C14H19F2NO/c15-14(16)18-13-8-6-11(7-9-13)10-17-12-4-2-1-3-5-12/h6-9,12,14,17H,1-5,10H2. The molecule has 0 amide bonds. The van der Waals surface area contributed by atoms with Crippen LogP contribution >= 0.6 is 0 Å². The summed E-state index contributed by atoms with van der Waals surface area (Å²) in [6, 6.07) is 7.44. The molecule has 18 heavy (non-hydrogen) atoms. The third kappa shape index (κ3) is 4.26. The van der Waals surface area contributed by atoms with Gasteiger partial charge in [-0.3, -0.25) is 0 Å². The van der Waals surface area contributed by atoms with Gasteiger partial charge in [0, 0.05) is 12.6 Å². The van der Waals surface area contributed by atoms with Gasteiger partial charge >= 0.3 is 6.61 Å². The van der Waals surface area contributed by atoms with E-state index in [4.69, 9.17) is 0 Å². The van der Waals surface area contributed by atoms with Crippen LogP contribution in [-0.2, 0) is 6.54 Å². The Morgan fingerprint density at radius 1 is 1.11 bits per heavy atom. The van der Waals surface area contributed by atoms with Crippen LogP contribution < -0.4 is 10.1 Å². The van der Waals surface area contributed by atoms with Gasteiger partial charge < -0.3 is 10.1 Å². The van der Waals surface area contributed by atoms with Crippen molar-refractivity contribution in [1.82, 2.24) is 5.32 Å². The highest BCUT2D eigenvalue weighted by Crippen LogP contribution is 2.19. The van der Waals surface area contributed by atoms with E-state index in [1.54, 1.807) is 12.1 Å². The predicted octanol–water partition coefficient (Wildman–Crippen LogP) is 3.71. The molecular formula is C14H19F2NO. The lowest BCUT2D eigenvalue weighted by Crippen LogP contribution is -2.30. The van der Waals surface area contributed by atoms with E-state index >= 15 is 0 Å². The summed E-state index contributed by atoms with van der Waals surface area (Å²) in [5, 5.41) is 3.51. The van der Waals surface area contributed by atoms with E-state index in [0.717, 1.165) is 12.1 Å². The first-order valence-electron chi connectivity index (χ1n) is 6.51. The van der Waals surface area contributed by atoms with Crippen LogP contribution in [0.1, 0.15) is 37.7 Å². The van der Waals surface area contributed by atoms with Gasteiger partial charge in [-0.1, -0.05) is 31.4 Å². The predicted molar refractivity (Wildman–Crippen MR) is 66.8 cm³/mol. The molecule has 2 rings (SSSR count). The molecule has 0 aliphatic heterocycles. The third-order valence-electron chi connectivity index (χ3n) is 3.35. The smallest absolute Gasteiger partial charge is 0.387 e. The number of alkyl halides is 2. The molecule has 0 heterocycles. The molecule has 0 atom stereocenters. The SMILES string of the molecule is FC(F)Oc1ccc(CNC2CCCCC2)cc1. The fourth-order valence-corrected chi connectivity index (χ4v) is 2.36. The highest BCUT2D eigenvalue weighted by molar-refractivity contribution is 5.27. The molecule has 4 heteroatoms. The van der Waals surface area contributed by atoms with Crippen LogP contribution in [0.2, 0.25) is 0 Å². The van der Waals surface area contributed by atoms with Crippen molar-refractivity contribution < 1.29 is 13.5 Å². The van der Waals surface area contributed by atoms with Crippen LogP contribution in [0.15, 0.2) is 24.3 Å². The second kappa shape index (κ2) is 6.69. The molecule has 0 spiro atoms. The first kappa shape index (κ1) is 13.3. The van der Waals surface area contributed by atoms with Gasteiger partial charge in [0.2, 0.25) is 0 Å². The largest absolute Gasteiger partial charge is 0.435 e. The quantitative estimate of drug-likeness (QED) is 0.866. The van der Waals surface area contributed by atoms with Gasteiger partial charge in [0.05, 0.1) is 0 Å². The summed E-state index contributed by atoms with van der Waals surface area (Å²) < 4.78 is 28.3. The molecule has 1 saturated carbocycles. The maximum Gasteiger partial charge on any atom is 0.387 e. The first-order chi connectivity index (χ1) is 8.74. The van der Waals surface area contributed by atoms with E-state index in [9.17, 15) is 8.78 Å². The molecule has 0 bridgehead atoms. The zero-order chi connectivity index (χ0) is 12.8. The lowest BCUT2D eigenvalue weighted by Gasteiger charge is -2.22. The number of nitrogens with one attached hydrogen (secondary N) is 1. The van der Waals surface area contributed by atoms with Crippen molar-refractivity contribution in [2.45, 2.75) is 51.3 Å². The average molecular weight is 255 g/mol. The summed E-state index contributed by atoms with van der Waals surface area (Å²) >= 11 is 0. The highest BCUT2D eigenvalue weighted by atomic mass is 19.3. The molecule has 100 valence electrons. The van der Waals surface area contributed by atoms with Crippen LogP contribution in [0.5, 0.6) is 5.75 Å². The zero-order valence-corrected chi connectivity index (χ0v) is 10.4. The second-order valence-electron chi connectivity index (χ2n) is 4.74. The number of rotatable bonds is 5. The Bertz CT molecular complexity index is 347.